The number of amides is 1. The first-order valence-corrected chi connectivity index (χ1v) is 9.44. The summed E-state index contributed by atoms with van der Waals surface area (Å²) in [6.45, 7) is 0. The molecule has 31 heavy (non-hydrogen) atoms. The number of benzene rings is 3. The van der Waals surface area contributed by atoms with Gasteiger partial charge in [-0.05, 0) is 41.0 Å². The number of hydrogen-bond donors (Lipinski definition) is 1. The van der Waals surface area contributed by atoms with Crippen molar-refractivity contribution in [3.05, 3.63) is 110 Å². The number of hydrogen-bond acceptors (Lipinski definition) is 4. The second-order valence-electron chi connectivity index (χ2n) is 6.55. The zero-order valence-corrected chi connectivity index (χ0v) is 16.8. The lowest BCUT2D eigenvalue weighted by atomic mass is 10.0. The molecule has 8 heteroatoms. The molecule has 0 saturated heterocycles. The highest BCUT2D eigenvalue weighted by atomic mass is 35.5. The summed E-state index contributed by atoms with van der Waals surface area (Å²) in [6.07, 6.45) is 1.65. The Morgan fingerprint density at radius 3 is 2.58 bits per heavy atom. The maximum absolute atomic E-state index is 13.9. The van der Waals surface area contributed by atoms with Crippen molar-refractivity contribution in [1.82, 2.24) is 0 Å². The largest absolute Gasteiger partial charge is 0.321 e. The molecular weight excluding hydrogens is 421 g/mol. The minimum absolute atomic E-state index is 0.183. The van der Waals surface area contributed by atoms with E-state index in [1.807, 2.05) is 6.07 Å². The zero-order chi connectivity index (χ0) is 22.4. The smallest absolute Gasteiger partial charge is 0.271 e. The molecule has 0 saturated carbocycles. The number of carbonyl (C=O) groups is 1. The predicted octanol–water partition coefficient (Wildman–Crippen LogP) is 5.52. The third kappa shape index (κ3) is 5.53. The van der Waals surface area contributed by atoms with Gasteiger partial charge in [0.25, 0.3) is 11.6 Å². The van der Waals surface area contributed by atoms with Crippen molar-refractivity contribution in [2.75, 3.05) is 5.32 Å². The summed E-state index contributed by atoms with van der Waals surface area (Å²) in [5.41, 5.74) is 1.51. The molecule has 3 aromatic rings. The molecular formula is C23H15ClFN3O3. The van der Waals surface area contributed by atoms with Crippen molar-refractivity contribution in [1.29, 1.82) is 5.26 Å². The molecule has 0 aliphatic heterocycles. The van der Waals surface area contributed by atoms with Gasteiger partial charge in [-0.3, -0.25) is 14.9 Å². The van der Waals surface area contributed by atoms with Gasteiger partial charge < -0.3 is 5.32 Å². The summed E-state index contributed by atoms with van der Waals surface area (Å²) < 4.78 is 13.9. The number of anilines is 1. The number of nitriles is 1. The second kappa shape index (κ2) is 9.65. The topological polar surface area (TPSA) is 96.0 Å². The van der Waals surface area contributed by atoms with Crippen LogP contribution in [0.3, 0.4) is 0 Å². The number of nitro benzene ring substituents is 1. The van der Waals surface area contributed by atoms with E-state index in [1.54, 1.807) is 36.4 Å². The van der Waals surface area contributed by atoms with Crippen molar-refractivity contribution in [3.8, 4) is 6.07 Å². The van der Waals surface area contributed by atoms with E-state index in [0.717, 1.165) is 0 Å². The van der Waals surface area contributed by atoms with Crippen molar-refractivity contribution in [2.24, 2.45) is 0 Å². The monoisotopic (exact) mass is 435 g/mol. The van der Waals surface area contributed by atoms with Gasteiger partial charge in [-0.15, -0.1) is 0 Å². The number of non-ortho nitro benzene ring substituents is 1. The van der Waals surface area contributed by atoms with Crippen LogP contribution in [0.15, 0.2) is 72.3 Å². The first-order valence-electron chi connectivity index (χ1n) is 9.07. The average Bonchev–Trinajstić information content (AvgIpc) is 2.75. The van der Waals surface area contributed by atoms with Crippen LogP contribution in [0.4, 0.5) is 15.8 Å². The first kappa shape index (κ1) is 21.7. The summed E-state index contributed by atoms with van der Waals surface area (Å²) >= 11 is 6.32. The number of carbonyl (C=O) groups excluding carboxylic acids is 1. The molecule has 1 N–H and O–H groups in total. The minimum Gasteiger partial charge on any atom is -0.321 e. The van der Waals surface area contributed by atoms with Crippen LogP contribution in [0.2, 0.25) is 5.02 Å². The Hall–Kier alpha value is -4.02. The van der Waals surface area contributed by atoms with Gasteiger partial charge in [0.15, 0.2) is 0 Å². The van der Waals surface area contributed by atoms with Gasteiger partial charge in [0.2, 0.25) is 0 Å². The predicted molar refractivity (Wildman–Crippen MR) is 116 cm³/mol. The lowest BCUT2D eigenvalue weighted by Crippen LogP contribution is -2.13. The first-order chi connectivity index (χ1) is 14.9. The van der Waals surface area contributed by atoms with E-state index >= 15 is 0 Å². The molecule has 3 rings (SSSR count). The second-order valence-corrected chi connectivity index (χ2v) is 6.96. The highest BCUT2D eigenvalue weighted by Crippen LogP contribution is 2.24. The summed E-state index contributed by atoms with van der Waals surface area (Å²) in [5.74, 6) is -1.04. The molecule has 6 nitrogen and oxygen atoms in total. The minimum atomic E-state index is -0.713. The van der Waals surface area contributed by atoms with Gasteiger partial charge in [-0.2, -0.15) is 5.26 Å². The zero-order valence-electron chi connectivity index (χ0n) is 16.0. The van der Waals surface area contributed by atoms with Crippen LogP contribution in [-0.4, -0.2) is 10.8 Å². The maximum atomic E-state index is 13.9. The van der Waals surface area contributed by atoms with Crippen LogP contribution in [0, 0.1) is 27.3 Å². The molecule has 0 aliphatic rings. The molecule has 0 aromatic heterocycles. The fraction of sp³-hybridized carbons (Fsp3) is 0.0435. The normalized spacial score (nSPS) is 10.9. The van der Waals surface area contributed by atoms with E-state index in [2.05, 4.69) is 5.32 Å². The molecule has 0 aliphatic carbocycles. The Balaban J connectivity index is 1.79. The van der Waals surface area contributed by atoms with Crippen LogP contribution >= 0.6 is 11.6 Å². The van der Waals surface area contributed by atoms with Crippen LogP contribution in [0.1, 0.15) is 16.7 Å². The SMILES string of the molecule is N#C/C(=C\c1ccc(Cc2ccccc2F)c(Cl)c1)C(=O)Nc1cccc([N+](=O)[O-])c1. The highest BCUT2D eigenvalue weighted by Gasteiger charge is 2.13. The summed E-state index contributed by atoms with van der Waals surface area (Å²) in [7, 11) is 0. The summed E-state index contributed by atoms with van der Waals surface area (Å²) in [6, 6.07) is 18.6. The van der Waals surface area contributed by atoms with E-state index in [9.17, 15) is 24.6 Å². The molecule has 154 valence electrons. The Morgan fingerprint density at radius 2 is 1.90 bits per heavy atom. The molecule has 0 atom stereocenters. The van der Waals surface area contributed by atoms with Gasteiger partial charge >= 0.3 is 0 Å². The van der Waals surface area contributed by atoms with Gasteiger partial charge in [0.05, 0.1) is 4.92 Å². The van der Waals surface area contributed by atoms with E-state index in [-0.39, 0.29) is 22.8 Å². The fourth-order valence-corrected chi connectivity index (χ4v) is 3.11. The summed E-state index contributed by atoms with van der Waals surface area (Å²) in [5, 5.41) is 23.1. The quantitative estimate of drug-likeness (QED) is 0.238. The van der Waals surface area contributed by atoms with E-state index in [1.165, 1.54) is 36.4 Å². The van der Waals surface area contributed by atoms with Crippen LogP contribution < -0.4 is 5.32 Å². The van der Waals surface area contributed by atoms with E-state index < -0.39 is 10.8 Å². The van der Waals surface area contributed by atoms with Gasteiger partial charge in [-0.25, -0.2) is 4.39 Å². The third-order valence-electron chi connectivity index (χ3n) is 4.41. The highest BCUT2D eigenvalue weighted by molar-refractivity contribution is 6.31. The standard InChI is InChI=1S/C23H15ClFN3O3/c24-21-11-15(8-9-16(21)12-17-4-1-2-7-22(17)25)10-18(14-26)23(29)27-19-5-3-6-20(13-19)28(30)31/h1-11,13H,12H2,(H,27,29)/b18-10+. The molecule has 0 heterocycles. The van der Waals surface area contributed by atoms with E-state index in [0.29, 0.717) is 28.1 Å². The van der Waals surface area contributed by atoms with Crippen molar-refractivity contribution in [2.45, 2.75) is 6.42 Å². The Kier molecular flexibility index (Phi) is 6.75. The third-order valence-corrected chi connectivity index (χ3v) is 4.76. The van der Waals surface area contributed by atoms with Crippen LogP contribution in [-0.2, 0) is 11.2 Å². The lowest BCUT2D eigenvalue weighted by Gasteiger charge is -2.07. The fourth-order valence-electron chi connectivity index (χ4n) is 2.85. The summed E-state index contributed by atoms with van der Waals surface area (Å²) in [4.78, 5) is 22.7. The Labute approximate surface area is 182 Å². The van der Waals surface area contributed by atoms with Crippen molar-refractivity contribution in [3.63, 3.8) is 0 Å². The Morgan fingerprint density at radius 1 is 1.13 bits per heavy atom. The van der Waals surface area contributed by atoms with E-state index in [4.69, 9.17) is 11.6 Å². The molecule has 0 bridgehead atoms. The molecule has 0 spiro atoms. The van der Waals surface area contributed by atoms with Crippen LogP contribution in [0.5, 0.6) is 0 Å². The van der Waals surface area contributed by atoms with Crippen LogP contribution in [0.25, 0.3) is 6.08 Å². The lowest BCUT2D eigenvalue weighted by molar-refractivity contribution is -0.384. The number of nitrogens with zero attached hydrogens (tertiary/aromatic N) is 2. The van der Waals surface area contributed by atoms with Gasteiger partial charge in [-0.1, -0.05) is 48.0 Å². The number of rotatable bonds is 6. The number of nitro groups is 1. The molecule has 1 amide bonds. The number of nitrogens with one attached hydrogen (secondary N) is 1. The maximum Gasteiger partial charge on any atom is 0.271 e. The van der Waals surface area contributed by atoms with Gasteiger partial charge in [0.1, 0.15) is 17.5 Å². The average molecular weight is 436 g/mol. The molecule has 0 radical (unpaired) electrons. The van der Waals surface area contributed by atoms with Crippen molar-refractivity contribution >= 4 is 35.0 Å². The number of halogens is 2. The Bertz CT molecular complexity index is 1230. The molecule has 0 unspecified atom stereocenters. The van der Waals surface area contributed by atoms with Crippen molar-refractivity contribution < 1.29 is 14.1 Å². The van der Waals surface area contributed by atoms with Gasteiger partial charge in [0, 0.05) is 29.3 Å². The molecule has 3 aromatic carbocycles. The molecule has 0 fully saturated rings.